The average Bonchev–Trinajstić information content (AvgIpc) is 3.10. The third kappa shape index (κ3) is 4.62. The Morgan fingerprint density at radius 2 is 1.77 bits per heavy atom. The number of nitrogens with one attached hydrogen (secondary N) is 1. The number of halogens is 6. The van der Waals surface area contributed by atoms with Crippen molar-refractivity contribution in [3.63, 3.8) is 0 Å². The molecule has 1 N–H and O–H groups in total. The van der Waals surface area contributed by atoms with Crippen LogP contribution in [0.2, 0.25) is 5.02 Å². The van der Waals surface area contributed by atoms with Crippen molar-refractivity contribution in [3.05, 3.63) is 82.1 Å². The molecule has 10 heteroatoms. The van der Waals surface area contributed by atoms with Gasteiger partial charge < -0.3 is 5.32 Å². The second-order valence-electron chi connectivity index (χ2n) is 6.49. The van der Waals surface area contributed by atoms with Crippen molar-refractivity contribution < 1.29 is 26.7 Å². The standard InChI is InChI=1S/C20H15ClF5N3O/c1-11(18-15(22)6-3-7-16(18)23)19(30)27-10-14-9-17(20(24,25)26)28-29(14)13-5-2-4-12(21)8-13/h2-9,11H,10H2,1H3,(H,27,30). The fraction of sp³-hybridized carbons (Fsp3) is 0.200. The largest absolute Gasteiger partial charge is 0.435 e. The molecule has 158 valence electrons. The first kappa shape index (κ1) is 21.8. The number of alkyl halides is 3. The SMILES string of the molecule is CC(C(=O)NCc1cc(C(F)(F)F)nn1-c1cccc(Cl)c1)c1c(F)cccc1F. The number of aromatic nitrogens is 2. The van der Waals surface area contributed by atoms with Crippen molar-refractivity contribution in [1.82, 2.24) is 15.1 Å². The van der Waals surface area contributed by atoms with Gasteiger partial charge in [-0.3, -0.25) is 4.79 Å². The molecule has 1 aromatic heterocycles. The van der Waals surface area contributed by atoms with E-state index in [0.29, 0.717) is 0 Å². The summed E-state index contributed by atoms with van der Waals surface area (Å²) in [5.74, 6) is -3.73. The normalized spacial score (nSPS) is 12.6. The highest BCUT2D eigenvalue weighted by Gasteiger charge is 2.35. The van der Waals surface area contributed by atoms with E-state index >= 15 is 0 Å². The van der Waals surface area contributed by atoms with Gasteiger partial charge in [-0.05, 0) is 43.3 Å². The summed E-state index contributed by atoms with van der Waals surface area (Å²) in [7, 11) is 0. The molecule has 0 spiro atoms. The maximum Gasteiger partial charge on any atom is 0.435 e. The molecule has 3 rings (SSSR count). The third-order valence-corrected chi connectivity index (χ3v) is 4.63. The van der Waals surface area contributed by atoms with Gasteiger partial charge in [-0.15, -0.1) is 0 Å². The Kier molecular flexibility index (Phi) is 6.12. The van der Waals surface area contributed by atoms with Gasteiger partial charge in [0.2, 0.25) is 5.91 Å². The summed E-state index contributed by atoms with van der Waals surface area (Å²) >= 11 is 5.91. The molecule has 0 fully saturated rings. The van der Waals surface area contributed by atoms with Crippen LogP contribution in [0.15, 0.2) is 48.5 Å². The minimum absolute atomic E-state index is 0.0131. The quantitative estimate of drug-likeness (QED) is 0.548. The lowest BCUT2D eigenvalue weighted by Crippen LogP contribution is -2.29. The molecule has 1 heterocycles. The summed E-state index contributed by atoms with van der Waals surface area (Å²) in [6.45, 7) is 0.946. The van der Waals surface area contributed by atoms with Crippen LogP contribution in [-0.4, -0.2) is 15.7 Å². The van der Waals surface area contributed by atoms with Crippen molar-refractivity contribution in [3.8, 4) is 5.69 Å². The third-order valence-electron chi connectivity index (χ3n) is 4.40. The van der Waals surface area contributed by atoms with E-state index in [1.807, 2.05) is 0 Å². The highest BCUT2D eigenvalue weighted by atomic mass is 35.5. The minimum Gasteiger partial charge on any atom is -0.350 e. The van der Waals surface area contributed by atoms with Gasteiger partial charge in [0.1, 0.15) is 11.6 Å². The van der Waals surface area contributed by atoms with Crippen molar-refractivity contribution in [1.29, 1.82) is 0 Å². The number of carbonyl (C=O) groups excluding carboxylic acids is 1. The Balaban J connectivity index is 1.87. The van der Waals surface area contributed by atoms with E-state index in [0.717, 1.165) is 22.9 Å². The number of hydrogen-bond acceptors (Lipinski definition) is 2. The van der Waals surface area contributed by atoms with Crippen molar-refractivity contribution >= 4 is 17.5 Å². The predicted octanol–water partition coefficient (Wildman–Crippen LogP) is 5.24. The molecule has 0 radical (unpaired) electrons. The van der Waals surface area contributed by atoms with Gasteiger partial charge in [-0.25, -0.2) is 13.5 Å². The highest BCUT2D eigenvalue weighted by Crippen LogP contribution is 2.30. The molecule has 1 amide bonds. The molecular formula is C20H15ClF5N3O. The van der Waals surface area contributed by atoms with E-state index in [9.17, 15) is 26.7 Å². The van der Waals surface area contributed by atoms with Crippen LogP contribution in [0.5, 0.6) is 0 Å². The maximum absolute atomic E-state index is 13.9. The van der Waals surface area contributed by atoms with E-state index in [1.54, 1.807) is 6.07 Å². The molecule has 0 saturated carbocycles. The lowest BCUT2D eigenvalue weighted by molar-refractivity contribution is -0.141. The fourth-order valence-corrected chi connectivity index (χ4v) is 3.09. The molecule has 30 heavy (non-hydrogen) atoms. The summed E-state index contributed by atoms with van der Waals surface area (Å²) in [5, 5.41) is 6.26. The maximum atomic E-state index is 13.9. The van der Waals surface area contributed by atoms with Crippen molar-refractivity contribution in [2.45, 2.75) is 25.6 Å². The van der Waals surface area contributed by atoms with E-state index in [4.69, 9.17) is 11.6 Å². The summed E-state index contributed by atoms with van der Waals surface area (Å²) in [4.78, 5) is 12.4. The molecule has 0 bridgehead atoms. The van der Waals surface area contributed by atoms with Crippen LogP contribution in [-0.2, 0) is 17.5 Å². The number of carbonyl (C=O) groups is 1. The second-order valence-corrected chi connectivity index (χ2v) is 6.92. The lowest BCUT2D eigenvalue weighted by atomic mass is 9.99. The van der Waals surface area contributed by atoms with Crippen molar-refractivity contribution in [2.75, 3.05) is 0 Å². The van der Waals surface area contributed by atoms with Crippen molar-refractivity contribution in [2.24, 2.45) is 0 Å². The first-order chi connectivity index (χ1) is 14.1. The lowest BCUT2D eigenvalue weighted by Gasteiger charge is -2.15. The van der Waals surface area contributed by atoms with E-state index in [-0.39, 0.29) is 22.9 Å². The zero-order chi connectivity index (χ0) is 22.1. The van der Waals surface area contributed by atoms with Gasteiger partial charge >= 0.3 is 6.18 Å². The van der Waals surface area contributed by atoms with E-state index < -0.39 is 40.9 Å². The molecule has 1 atom stereocenters. The van der Waals surface area contributed by atoms with Crippen LogP contribution in [0.25, 0.3) is 5.69 Å². The number of nitrogens with zero attached hydrogens (tertiary/aromatic N) is 2. The minimum atomic E-state index is -4.70. The second kappa shape index (κ2) is 8.43. The number of amides is 1. The predicted molar refractivity (Wildman–Crippen MR) is 100 cm³/mol. The van der Waals surface area contributed by atoms with Gasteiger partial charge in [-0.2, -0.15) is 18.3 Å². The Morgan fingerprint density at radius 1 is 1.13 bits per heavy atom. The average molecular weight is 444 g/mol. The fourth-order valence-electron chi connectivity index (χ4n) is 2.90. The van der Waals surface area contributed by atoms with Gasteiger partial charge in [-0.1, -0.05) is 23.7 Å². The smallest absolute Gasteiger partial charge is 0.350 e. The van der Waals surface area contributed by atoms with Crippen LogP contribution in [0.3, 0.4) is 0 Å². The van der Waals surface area contributed by atoms with Gasteiger partial charge in [0, 0.05) is 10.6 Å². The van der Waals surface area contributed by atoms with Crippen LogP contribution >= 0.6 is 11.6 Å². The summed E-state index contributed by atoms with van der Waals surface area (Å²) in [6, 6.07) is 10.00. The van der Waals surface area contributed by atoms with E-state index in [2.05, 4.69) is 10.4 Å². The van der Waals surface area contributed by atoms with Crippen LogP contribution in [0.4, 0.5) is 22.0 Å². The molecular weight excluding hydrogens is 429 g/mol. The van der Waals surface area contributed by atoms with Gasteiger partial charge in [0.05, 0.1) is 23.8 Å². The molecule has 0 aliphatic carbocycles. The Morgan fingerprint density at radius 3 is 2.37 bits per heavy atom. The molecule has 0 saturated heterocycles. The highest BCUT2D eigenvalue weighted by molar-refractivity contribution is 6.30. The Bertz CT molecular complexity index is 1060. The molecule has 2 aromatic carbocycles. The van der Waals surface area contributed by atoms with Crippen LogP contribution < -0.4 is 5.32 Å². The zero-order valence-corrected chi connectivity index (χ0v) is 16.2. The van der Waals surface area contributed by atoms with Gasteiger partial charge in [0.25, 0.3) is 0 Å². The number of rotatable bonds is 5. The molecule has 0 aliphatic heterocycles. The summed E-state index contributed by atoms with van der Waals surface area (Å²) in [6.07, 6.45) is -4.70. The number of hydrogen-bond donors (Lipinski definition) is 1. The molecule has 0 aliphatic rings. The number of benzene rings is 2. The Labute approximate surface area is 173 Å². The topological polar surface area (TPSA) is 46.9 Å². The zero-order valence-electron chi connectivity index (χ0n) is 15.5. The Hall–Kier alpha value is -2.94. The molecule has 1 unspecified atom stereocenters. The summed E-state index contributed by atoms with van der Waals surface area (Å²) < 4.78 is 68.2. The van der Waals surface area contributed by atoms with E-state index in [1.165, 1.54) is 31.2 Å². The monoisotopic (exact) mass is 443 g/mol. The first-order valence-electron chi connectivity index (χ1n) is 8.71. The van der Waals surface area contributed by atoms with Gasteiger partial charge in [0.15, 0.2) is 5.69 Å². The first-order valence-corrected chi connectivity index (χ1v) is 9.09. The van der Waals surface area contributed by atoms with Crippen LogP contribution in [0, 0.1) is 11.6 Å². The van der Waals surface area contributed by atoms with Crippen LogP contribution in [0.1, 0.15) is 29.8 Å². The molecule has 3 aromatic rings. The molecule has 4 nitrogen and oxygen atoms in total. The summed E-state index contributed by atoms with van der Waals surface area (Å²) in [5.41, 5.74) is -1.30.